The van der Waals surface area contributed by atoms with E-state index in [1.54, 1.807) is 0 Å². The summed E-state index contributed by atoms with van der Waals surface area (Å²) in [4.78, 5) is 0. The van der Waals surface area contributed by atoms with Gasteiger partial charge in [-0.15, -0.1) is 0 Å². The molecule has 0 radical (unpaired) electrons. The van der Waals surface area contributed by atoms with Gasteiger partial charge in [-0.1, -0.05) is 0 Å². The summed E-state index contributed by atoms with van der Waals surface area (Å²) in [5.41, 5.74) is -1.05. The summed E-state index contributed by atoms with van der Waals surface area (Å²) in [5.74, 6) is -0.513. The van der Waals surface area contributed by atoms with Gasteiger partial charge in [0.05, 0.1) is 29.1 Å². The number of halogens is 1. The van der Waals surface area contributed by atoms with E-state index in [1.807, 2.05) is 6.07 Å². The van der Waals surface area contributed by atoms with Crippen molar-refractivity contribution in [3.63, 3.8) is 0 Å². The van der Waals surface area contributed by atoms with Crippen LogP contribution in [0.15, 0.2) is 0 Å². The molecule has 1 atom stereocenters. The maximum absolute atomic E-state index is 11.9. The monoisotopic (exact) mass is 207 g/mol. The lowest BCUT2D eigenvalue weighted by molar-refractivity contribution is 0.102. The molecule has 0 aromatic rings. The highest BCUT2D eigenvalue weighted by atomic mass is 32.2. The van der Waals surface area contributed by atoms with Gasteiger partial charge in [-0.3, -0.25) is 0 Å². The van der Waals surface area contributed by atoms with Gasteiger partial charge in [-0.05, 0) is 6.42 Å². The Kier molecular flexibility index (Phi) is 2.59. The minimum atomic E-state index is -3.11. The van der Waals surface area contributed by atoms with Crippen molar-refractivity contribution in [3.8, 4) is 6.07 Å². The predicted octanol–water partition coefficient (Wildman–Crippen LogP) is -0.355. The summed E-state index contributed by atoms with van der Waals surface area (Å²) in [6.45, 7) is -0.941. The first-order chi connectivity index (χ1) is 5.93. The third-order valence-electron chi connectivity index (χ3n) is 2.03. The summed E-state index contributed by atoms with van der Waals surface area (Å²) < 4.78 is 33.5. The van der Waals surface area contributed by atoms with E-state index in [-0.39, 0.29) is 17.9 Å². The highest BCUT2D eigenvalue weighted by Gasteiger charge is 2.49. The number of hydrogen-bond acceptors (Lipinski definition) is 4. The second-order valence-electron chi connectivity index (χ2n) is 3.44. The lowest BCUT2D eigenvalue weighted by Gasteiger charge is -2.35. The molecule has 1 aliphatic heterocycles. The number of sulfone groups is 1. The summed E-state index contributed by atoms with van der Waals surface area (Å²) >= 11 is 0. The van der Waals surface area contributed by atoms with Gasteiger partial charge in [0.2, 0.25) is 0 Å². The maximum Gasteiger partial charge on any atom is 0.153 e. The van der Waals surface area contributed by atoms with Crippen LogP contribution in [0.5, 0.6) is 0 Å². The van der Waals surface area contributed by atoms with E-state index in [0.29, 0.717) is 0 Å². The molecule has 0 bridgehead atoms. The molecule has 74 valence electrons. The topological polar surface area (TPSA) is 78.2 Å². The average Bonchev–Trinajstić information content (AvgIpc) is 2.00. The fourth-order valence-electron chi connectivity index (χ4n) is 1.53. The van der Waals surface area contributed by atoms with Crippen molar-refractivity contribution in [2.45, 2.75) is 12.5 Å². The molecule has 13 heavy (non-hydrogen) atoms. The Morgan fingerprint density at radius 2 is 2.15 bits per heavy atom. The number of rotatable bonds is 3. The molecule has 1 aliphatic rings. The molecule has 6 heteroatoms. The molecule has 1 unspecified atom stereocenters. The highest BCUT2D eigenvalue weighted by Crippen LogP contribution is 2.36. The Balaban J connectivity index is 2.62. The molecule has 1 rings (SSSR count). The number of hydrogen-bond donors (Lipinski definition) is 1. The molecule has 0 spiro atoms. The van der Waals surface area contributed by atoms with Crippen LogP contribution >= 0.6 is 0 Å². The number of aliphatic hydroxyl groups is 1. The molecule has 0 aliphatic carbocycles. The van der Waals surface area contributed by atoms with Gasteiger partial charge in [0, 0.05) is 0 Å². The number of aliphatic hydroxyl groups excluding tert-OH is 1. The Hall–Kier alpha value is -0.670. The van der Waals surface area contributed by atoms with E-state index < -0.39 is 28.0 Å². The molecule has 0 aromatic carbocycles. The van der Waals surface area contributed by atoms with Crippen molar-refractivity contribution >= 4 is 9.84 Å². The summed E-state index contributed by atoms with van der Waals surface area (Å²) in [7, 11) is -3.11. The highest BCUT2D eigenvalue weighted by molar-refractivity contribution is 7.92. The fourth-order valence-corrected chi connectivity index (χ4v) is 3.50. The maximum atomic E-state index is 11.9. The summed E-state index contributed by atoms with van der Waals surface area (Å²) in [6.07, 6.45) is -1.32. The molecule has 4 nitrogen and oxygen atoms in total. The first-order valence-corrected chi connectivity index (χ1v) is 5.61. The Bertz CT molecular complexity index is 320. The lowest BCUT2D eigenvalue weighted by atomic mass is 9.87. The van der Waals surface area contributed by atoms with Crippen LogP contribution in [-0.4, -0.2) is 37.8 Å². The van der Waals surface area contributed by atoms with Crippen molar-refractivity contribution < 1.29 is 17.9 Å². The molecule has 0 saturated carbocycles. The smallest absolute Gasteiger partial charge is 0.153 e. The second kappa shape index (κ2) is 3.24. The first-order valence-electron chi connectivity index (χ1n) is 3.79. The van der Waals surface area contributed by atoms with Crippen LogP contribution in [0.3, 0.4) is 0 Å². The van der Waals surface area contributed by atoms with Gasteiger partial charge in [0.25, 0.3) is 0 Å². The van der Waals surface area contributed by atoms with E-state index in [2.05, 4.69) is 0 Å². The zero-order valence-corrected chi connectivity index (χ0v) is 7.72. The molecule has 1 saturated heterocycles. The zero-order chi connectivity index (χ0) is 10.1. The van der Waals surface area contributed by atoms with Crippen LogP contribution in [0.1, 0.15) is 6.42 Å². The van der Waals surface area contributed by atoms with Gasteiger partial charge in [-0.2, -0.15) is 5.26 Å². The van der Waals surface area contributed by atoms with E-state index >= 15 is 0 Å². The van der Waals surface area contributed by atoms with E-state index in [0.717, 1.165) is 0 Å². The van der Waals surface area contributed by atoms with Crippen LogP contribution in [0.4, 0.5) is 4.39 Å². The lowest BCUT2D eigenvalue weighted by Crippen LogP contribution is -2.49. The second-order valence-corrected chi connectivity index (χ2v) is 5.50. The number of alkyl halides is 1. The largest absolute Gasteiger partial charge is 0.390 e. The van der Waals surface area contributed by atoms with Crippen LogP contribution in [0.25, 0.3) is 0 Å². The van der Waals surface area contributed by atoms with Gasteiger partial charge in [-0.25, -0.2) is 12.8 Å². The Morgan fingerprint density at radius 3 is 2.46 bits per heavy atom. The van der Waals surface area contributed by atoms with Crippen LogP contribution < -0.4 is 0 Å². The quantitative estimate of drug-likeness (QED) is 0.685. The van der Waals surface area contributed by atoms with Crippen molar-refractivity contribution in [1.82, 2.24) is 0 Å². The van der Waals surface area contributed by atoms with E-state index in [9.17, 15) is 12.8 Å². The zero-order valence-electron chi connectivity index (χ0n) is 6.90. The molecule has 0 amide bonds. The minimum absolute atomic E-state index is 0.0980. The van der Waals surface area contributed by atoms with E-state index in [1.165, 1.54) is 0 Å². The molecular weight excluding hydrogens is 197 g/mol. The van der Waals surface area contributed by atoms with Crippen LogP contribution in [0, 0.1) is 16.7 Å². The molecule has 1 heterocycles. The van der Waals surface area contributed by atoms with Gasteiger partial charge in [0.15, 0.2) is 9.84 Å². The summed E-state index contributed by atoms with van der Waals surface area (Å²) in [6, 6.07) is 1.83. The third kappa shape index (κ3) is 2.17. The van der Waals surface area contributed by atoms with E-state index in [4.69, 9.17) is 10.4 Å². The molecular formula is C7H10FNO3S. The third-order valence-corrected chi connectivity index (χ3v) is 4.02. The normalized spacial score (nSPS) is 25.6. The Labute approximate surface area is 75.9 Å². The van der Waals surface area contributed by atoms with Crippen molar-refractivity contribution in [2.24, 2.45) is 5.41 Å². The van der Waals surface area contributed by atoms with Gasteiger partial charge < -0.3 is 5.11 Å². The molecule has 1 fully saturated rings. The van der Waals surface area contributed by atoms with Gasteiger partial charge >= 0.3 is 0 Å². The van der Waals surface area contributed by atoms with Crippen LogP contribution in [-0.2, 0) is 9.84 Å². The average molecular weight is 207 g/mol. The molecule has 0 aromatic heterocycles. The Morgan fingerprint density at radius 1 is 1.62 bits per heavy atom. The van der Waals surface area contributed by atoms with Crippen molar-refractivity contribution in [2.75, 3.05) is 18.2 Å². The minimum Gasteiger partial charge on any atom is -0.390 e. The van der Waals surface area contributed by atoms with Crippen molar-refractivity contribution in [1.29, 1.82) is 5.26 Å². The number of nitrogens with zero attached hydrogens (tertiary/aromatic N) is 1. The first kappa shape index (κ1) is 10.4. The molecule has 1 N–H and O–H groups in total. The van der Waals surface area contributed by atoms with Crippen molar-refractivity contribution in [3.05, 3.63) is 0 Å². The number of nitriles is 1. The van der Waals surface area contributed by atoms with Gasteiger partial charge in [0.1, 0.15) is 6.67 Å². The fraction of sp³-hybridized carbons (Fsp3) is 0.857. The standard InChI is InChI=1S/C7H10FNO3S/c8-2-6(10)1-7(3-9)4-13(11,12)5-7/h6,10H,1-2,4-5H2. The SMILES string of the molecule is N#CC1(CC(O)CF)CS(=O)(=O)C1. The predicted molar refractivity (Wildman–Crippen MR) is 43.3 cm³/mol. The summed E-state index contributed by atoms with van der Waals surface area (Å²) in [5, 5.41) is 17.6. The van der Waals surface area contributed by atoms with Crippen LogP contribution in [0.2, 0.25) is 0 Å².